The van der Waals surface area contributed by atoms with E-state index in [-0.39, 0.29) is 4.21 Å². The molecule has 0 amide bonds. The van der Waals surface area contributed by atoms with Gasteiger partial charge in [0.15, 0.2) is 9.34 Å². The minimum atomic E-state index is -3.53. The number of aromatic nitrogens is 1. The van der Waals surface area contributed by atoms with E-state index in [9.17, 15) is 8.42 Å². The van der Waals surface area contributed by atoms with Crippen molar-refractivity contribution in [3.8, 4) is 0 Å². The summed E-state index contributed by atoms with van der Waals surface area (Å²) in [5.74, 6) is 0. The molecule has 0 aromatic carbocycles. The third-order valence-electron chi connectivity index (χ3n) is 2.08. The highest BCUT2D eigenvalue weighted by atomic mass is 79.9. The Balaban J connectivity index is 2.33. The number of nitrogens with one attached hydrogen (secondary N) is 1. The average molecular weight is 353 g/mol. The Bertz CT molecular complexity index is 626. The first kappa shape index (κ1) is 13.0. The Hall–Kier alpha value is -0.440. The number of rotatable bonds is 3. The fourth-order valence-corrected chi connectivity index (χ4v) is 5.54. The number of nitrogens with zero attached hydrogens (tertiary/aromatic N) is 1. The minimum Gasteiger partial charge on any atom is -0.254 e. The van der Waals surface area contributed by atoms with E-state index in [1.54, 1.807) is 11.4 Å². The Morgan fingerprint density at radius 3 is 2.59 bits per heavy atom. The van der Waals surface area contributed by atoms with Crippen molar-refractivity contribution in [1.82, 2.24) is 4.98 Å². The standard InChI is InChI=1S/C9H9BrN2O2S3/c1-5-6(2)16-9(11-5)12-17(13,14)8-7(10)3-4-15-8/h3-4H,1-2H3,(H,11,12). The molecule has 0 fully saturated rings. The van der Waals surface area contributed by atoms with Crippen molar-refractivity contribution >= 4 is 53.8 Å². The molecule has 92 valence electrons. The summed E-state index contributed by atoms with van der Waals surface area (Å²) in [7, 11) is -3.53. The van der Waals surface area contributed by atoms with Gasteiger partial charge in [-0.2, -0.15) is 0 Å². The zero-order valence-electron chi connectivity index (χ0n) is 9.02. The summed E-state index contributed by atoms with van der Waals surface area (Å²) in [5, 5.41) is 2.12. The maximum Gasteiger partial charge on any atom is 0.274 e. The van der Waals surface area contributed by atoms with E-state index in [0.29, 0.717) is 9.60 Å². The Kier molecular flexibility index (Phi) is 3.58. The van der Waals surface area contributed by atoms with Crippen LogP contribution in [-0.2, 0) is 10.0 Å². The highest BCUT2D eigenvalue weighted by Crippen LogP contribution is 2.30. The van der Waals surface area contributed by atoms with Crippen LogP contribution in [0.15, 0.2) is 20.1 Å². The summed E-state index contributed by atoms with van der Waals surface area (Å²) in [6.45, 7) is 3.76. The number of halogens is 1. The lowest BCUT2D eigenvalue weighted by Gasteiger charge is -2.02. The van der Waals surface area contributed by atoms with Crippen LogP contribution in [-0.4, -0.2) is 13.4 Å². The van der Waals surface area contributed by atoms with Gasteiger partial charge in [-0.15, -0.1) is 22.7 Å². The predicted octanol–water partition coefficient (Wildman–Crippen LogP) is 3.38. The monoisotopic (exact) mass is 352 g/mol. The first-order valence-electron chi connectivity index (χ1n) is 4.60. The zero-order chi connectivity index (χ0) is 12.6. The lowest BCUT2D eigenvalue weighted by Crippen LogP contribution is -2.11. The van der Waals surface area contributed by atoms with E-state index in [1.807, 2.05) is 13.8 Å². The molecule has 0 atom stereocenters. The molecule has 2 heterocycles. The number of hydrogen-bond donors (Lipinski definition) is 1. The van der Waals surface area contributed by atoms with E-state index in [2.05, 4.69) is 25.6 Å². The molecular formula is C9H9BrN2O2S3. The van der Waals surface area contributed by atoms with Crippen molar-refractivity contribution in [2.24, 2.45) is 0 Å². The SMILES string of the molecule is Cc1nc(NS(=O)(=O)c2sccc2Br)sc1C. The number of anilines is 1. The Morgan fingerprint density at radius 2 is 2.12 bits per heavy atom. The van der Waals surface area contributed by atoms with Crippen molar-refractivity contribution in [2.45, 2.75) is 18.1 Å². The van der Waals surface area contributed by atoms with Crippen LogP contribution in [0.3, 0.4) is 0 Å². The smallest absolute Gasteiger partial charge is 0.254 e. The summed E-state index contributed by atoms with van der Waals surface area (Å²) >= 11 is 5.71. The van der Waals surface area contributed by atoms with Gasteiger partial charge >= 0.3 is 0 Å². The van der Waals surface area contributed by atoms with Crippen LogP contribution in [0.1, 0.15) is 10.6 Å². The van der Waals surface area contributed by atoms with Crippen LogP contribution < -0.4 is 4.72 Å². The molecule has 2 aromatic rings. The van der Waals surface area contributed by atoms with E-state index >= 15 is 0 Å². The summed E-state index contributed by atoms with van der Waals surface area (Å²) < 4.78 is 27.4. The van der Waals surface area contributed by atoms with Gasteiger partial charge in [0.2, 0.25) is 0 Å². The van der Waals surface area contributed by atoms with Crippen LogP contribution in [0.2, 0.25) is 0 Å². The van der Waals surface area contributed by atoms with Crippen molar-refractivity contribution in [1.29, 1.82) is 0 Å². The van der Waals surface area contributed by atoms with E-state index in [4.69, 9.17) is 0 Å². The van der Waals surface area contributed by atoms with Crippen molar-refractivity contribution < 1.29 is 8.42 Å². The second-order valence-corrected chi connectivity index (χ2v) is 8.17. The molecule has 4 nitrogen and oxygen atoms in total. The van der Waals surface area contributed by atoms with E-state index in [1.165, 1.54) is 22.7 Å². The number of thiazole rings is 1. The first-order chi connectivity index (χ1) is 7.90. The van der Waals surface area contributed by atoms with Gasteiger partial charge in [-0.1, -0.05) is 0 Å². The molecule has 8 heteroatoms. The molecule has 1 N–H and O–H groups in total. The molecule has 2 rings (SSSR count). The van der Waals surface area contributed by atoms with Gasteiger partial charge < -0.3 is 0 Å². The van der Waals surface area contributed by atoms with Gasteiger partial charge in [0.25, 0.3) is 10.0 Å². The van der Waals surface area contributed by atoms with Crippen molar-refractivity contribution in [3.63, 3.8) is 0 Å². The Labute approximate surface area is 116 Å². The molecule has 0 spiro atoms. The molecular weight excluding hydrogens is 344 g/mol. The Morgan fingerprint density at radius 1 is 1.41 bits per heavy atom. The van der Waals surface area contributed by atoms with Crippen LogP contribution in [0.5, 0.6) is 0 Å². The molecule has 0 saturated heterocycles. The van der Waals surface area contributed by atoms with Gasteiger partial charge in [0, 0.05) is 9.35 Å². The van der Waals surface area contributed by atoms with Gasteiger partial charge in [0.1, 0.15) is 0 Å². The molecule has 0 aliphatic heterocycles. The van der Waals surface area contributed by atoms with Crippen LogP contribution >= 0.6 is 38.6 Å². The lowest BCUT2D eigenvalue weighted by molar-refractivity contribution is 0.603. The third kappa shape index (κ3) is 2.70. The van der Waals surface area contributed by atoms with Gasteiger partial charge in [-0.25, -0.2) is 13.4 Å². The molecule has 0 unspecified atom stereocenters. The molecule has 0 aliphatic carbocycles. The number of hydrogen-bond acceptors (Lipinski definition) is 5. The third-order valence-corrected chi connectivity index (χ3v) is 7.21. The quantitative estimate of drug-likeness (QED) is 0.920. The van der Waals surface area contributed by atoms with Gasteiger partial charge in [-0.05, 0) is 41.2 Å². The highest BCUT2D eigenvalue weighted by molar-refractivity contribution is 9.10. The minimum absolute atomic E-state index is 0.267. The van der Waals surface area contributed by atoms with Gasteiger partial charge in [0.05, 0.1) is 5.69 Å². The topological polar surface area (TPSA) is 59.1 Å². The molecule has 0 saturated carbocycles. The second kappa shape index (κ2) is 4.68. The average Bonchev–Trinajstić information content (AvgIpc) is 2.74. The maximum atomic E-state index is 12.0. The molecule has 0 bridgehead atoms. The van der Waals surface area contributed by atoms with Crippen molar-refractivity contribution in [2.75, 3.05) is 4.72 Å². The maximum absolute atomic E-state index is 12.0. The van der Waals surface area contributed by atoms with Crippen LogP contribution in [0.25, 0.3) is 0 Å². The first-order valence-corrected chi connectivity index (χ1v) is 8.57. The second-order valence-electron chi connectivity index (χ2n) is 3.32. The number of sulfonamides is 1. The molecule has 0 aliphatic rings. The summed E-state index contributed by atoms with van der Waals surface area (Å²) in [6.07, 6.45) is 0. The predicted molar refractivity (Wildman–Crippen MR) is 74.4 cm³/mol. The molecule has 17 heavy (non-hydrogen) atoms. The largest absolute Gasteiger partial charge is 0.274 e. The van der Waals surface area contributed by atoms with E-state index in [0.717, 1.165) is 10.6 Å². The summed E-state index contributed by atoms with van der Waals surface area (Å²) in [5.41, 5.74) is 0.845. The normalized spacial score (nSPS) is 11.7. The van der Waals surface area contributed by atoms with Crippen LogP contribution in [0.4, 0.5) is 5.13 Å². The van der Waals surface area contributed by atoms with Crippen LogP contribution in [0, 0.1) is 13.8 Å². The van der Waals surface area contributed by atoms with Crippen molar-refractivity contribution in [3.05, 3.63) is 26.5 Å². The molecule has 2 aromatic heterocycles. The fraction of sp³-hybridized carbons (Fsp3) is 0.222. The highest BCUT2D eigenvalue weighted by Gasteiger charge is 2.20. The number of aryl methyl sites for hydroxylation is 2. The summed E-state index contributed by atoms with van der Waals surface area (Å²) in [4.78, 5) is 5.16. The van der Waals surface area contributed by atoms with Gasteiger partial charge in [-0.3, -0.25) is 4.72 Å². The lowest BCUT2D eigenvalue weighted by atomic mass is 10.4. The fourth-order valence-electron chi connectivity index (χ4n) is 1.15. The summed E-state index contributed by atoms with van der Waals surface area (Å²) in [6, 6.07) is 1.71. The number of thiophene rings is 1. The zero-order valence-corrected chi connectivity index (χ0v) is 13.1. The van der Waals surface area contributed by atoms with E-state index < -0.39 is 10.0 Å². The molecule has 0 radical (unpaired) electrons.